The van der Waals surface area contributed by atoms with Crippen LogP contribution in [-0.4, -0.2) is 22.2 Å². The van der Waals surface area contributed by atoms with Crippen molar-refractivity contribution in [1.29, 1.82) is 0 Å². The molecule has 3 aromatic carbocycles. The van der Waals surface area contributed by atoms with Crippen molar-refractivity contribution >= 4 is 33.5 Å². The van der Waals surface area contributed by atoms with Crippen LogP contribution in [0.1, 0.15) is 30.9 Å². The van der Waals surface area contributed by atoms with E-state index < -0.39 is 11.9 Å². The fourth-order valence-corrected chi connectivity index (χ4v) is 3.34. The first-order chi connectivity index (χ1) is 13.8. The molecule has 2 N–H and O–H groups in total. The van der Waals surface area contributed by atoms with Gasteiger partial charge in [-0.1, -0.05) is 61.7 Å². The summed E-state index contributed by atoms with van der Waals surface area (Å²) in [7, 11) is 0. The van der Waals surface area contributed by atoms with Gasteiger partial charge in [-0.3, -0.25) is 0 Å². The highest BCUT2D eigenvalue weighted by molar-refractivity contribution is 6.08. The van der Waals surface area contributed by atoms with Gasteiger partial charge in [-0.25, -0.2) is 9.59 Å². The summed E-state index contributed by atoms with van der Waals surface area (Å²) in [6.07, 6.45) is 6.05. The summed E-state index contributed by atoms with van der Waals surface area (Å²) in [5.74, 6) is -1.92. The van der Waals surface area contributed by atoms with Gasteiger partial charge in [0.15, 0.2) is 0 Å². The molecule has 0 radical (unpaired) electrons. The number of benzene rings is 3. The van der Waals surface area contributed by atoms with Crippen LogP contribution in [0, 0.1) is 0 Å². The molecule has 0 atom stereocenters. The normalized spacial score (nSPS) is 11.9. The maximum atomic E-state index is 9.60. The minimum atomic E-state index is -0.981. The number of hydrogen-bond donors (Lipinski definition) is 2. The first kappa shape index (κ1) is 21.9. The highest BCUT2D eigenvalue weighted by Crippen LogP contribution is 2.33. The SMILES string of the molecule is C=C(C)C(=O)O.C=CC(=O)O.c1ccc2c(c1)ccc1c3c(ccc12)CCCC3. The van der Waals surface area contributed by atoms with Crippen LogP contribution in [0.3, 0.4) is 0 Å². The number of carbonyl (C=O) groups is 2. The topological polar surface area (TPSA) is 74.6 Å². The van der Waals surface area contributed by atoms with Crippen LogP contribution >= 0.6 is 0 Å². The van der Waals surface area contributed by atoms with Gasteiger partial charge < -0.3 is 10.2 Å². The van der Waals surface area contributed by atoms with E-state index in [1.54, 1.807) is 11.1 Å². The number of carboxylic acids is 2. The van der Waals surface area contributed by atoms with E-state index in [1.165, 1.54) is 54.2 Å². The van der Waals surface area contributed by atoms with E-state index in [9.17, 15) is 9.59 Å². The molecule has 150 valence electrons. The average molecular weight is 390 g/mol. The molecule has 1 aliphatic rings. The monoisotopic (exact) mass is 390 g/mol. The molecule has 0 unspecified atom stereocenters. The molecular weight excluding hydrogens is 364 g/mol. The van der Waals surface area contributed by atoms with Gasteiger partial charge in [-0.2, -0.15) is 0 Å². The molecular formula is C25H26O4. The third-order valence-electron chi connectivity index (χ3n) is 4.80. The number of rotatable bonds is 2. The molecule has 4 nitrogen and oxygen atoms in total. The van der Waals surface area contributed by atoms with Crippen molar-refractivity contribution in [3.63, 3.8) is 0 Å². The second-order valence-corrected chi connectivity index (χ2v) is 6.92. The Morgan fingerprint density at radius 2 is 1.48 bits per heavy atom. The molecule has 0 saturated carbocycles. The summed E-state index contributed by atoms with van der Waals surface area (Å²) in [5.41, 5.74) is 3.35. The quantitative estimate of drug-likeness (QED) is 0.430. The molecule has 0 aliphatic heterocycles. The van der Waals surface area contributed by atoms with E-state index >= 15 is 0 Å². The Hall–Kier alpha value is -3.40. The smallest absolute Gasteiger partial charge is 0.330 e. The summed E-state index contributed by atoms with van der Waals surface area (Å²) in [6, 6.07) is 18.0. The van der Waals surface area contributed by atoms with Gasteiger partial charge in [-0.05, 0) is 65.3 Å². The fraction of sp³-hybridized carbons (Fsp3) is 0.200. The molecule has 29 heavy (non-hydrogen) atoms. The van der Waals surface area contributed by atoms with Crippen LogP contribution in [0.25, 0.3) is 21.5 Å². The molecule has 0 bridgehead atoms. The molecule has 4 heteroatoms. The van der Waals surface area contributed by atoms with Crippen molar-refractivity contribution < 1.29 is 19.8 Å². The summed E-state index contributed by atoms with van der Waals surface area (Å²) < 4.78 is 0. The summed E-state index contributed by atoms with van der Waals surface area (Å²) >= 11 is 0. The third kappa shape index (κ3) is 5.79. The molecule has 0 heterocycles. The largest absolute Gasteiger partial charge is 0.478 e. The Kier molecular flexibility index (Phi) is 7.72. The Morgan fingerprint density at radius 3 is 2.10 bits per heavy atom. The molecule has 0 saturated heterocycles. The molecule has 4 rings (SSSR count). The van der Waals surface area contributed by atoms with Gasteiger partial charge in [0.05, 0.1) is 0 Å². The van der Waals surface area contributed by atoms with Crippen LogP contribution in [0.4, 0.5) is 0 Å². The van der Waals surface area contributed by atoms with Gasteiger partial charge in [0.25, 0.3) is 0 Å². The Bertz CT molecular complexity index is 1050. The zero-order chi connectivity index (χ0) is 21.4. The van der Waals surface area contributed by atoms with Gasteiger partial charge in [-0.15, -0.1) is 0 Å². The van der Waals surface area contributed by atoms with Gasteiger partial charge in [0, 0.05) is 11.6 Å². The highest BCUT2D eigenvalue weighted by atomic mass is 16.4. The van der Waals surface area contributed by atoms with Crippen LogP contribution in [0.5, 0.6) is 0 Å². The molecule has 0 spiro atoms. The maximum absolute atomic E-state index is 9.60. The number of carboxylic acid groups (broad SMARTS) is 2. The van der Waals surface area contributed by atoms with E-state index in [0.717, 1.165) is 6.08 Å². The molecule has 0 aromatic heterocycles. The maximum Gasteiger partial charge on any atom is 0.330 e. The lowest BCUT2D eigenvalue weighted by atomic mass is 9.86. The first-order valence-corrected chi connectivity index (χ1v) is 9.51. The van der Waals surface area contributed by atoms with Crippen molar-refractivity contribution in [3.8, 4) is 0 Å². The van der Waals surface area contributed by atoms with Crippen LogP contribution in [-0.2, 0) is 22.4 Å². The van der Waals surface area contributed by atoms with Crippen molar-refractivity contribution in [1.82, 2.24) is 0 Å². The number of hydrogen-bond acceptors (Lipinski definition) is 2. The standard InChI is InChI=1S/C18H16.C4H6O2.C3H4O2/c1-3-7-15-13(5-1)9-11-18-16-8-4-2-6-14(16)10-12-17(15)18;1-3(2)4(5)6;1-2-3(4)5/h1,3,5,7,9-12H,2,4,6,8H2;1H2,2H3,(H,5,6);2H,1H2,(H,4,5). The summed E-state index contributed by atoms with van der Waals surface area (Å²) in [4.78, 5) is 18.8. The van der Waals surface area contributed by atoms with E-state index in [1.807, 2.05) is 0 Å². The molecule has 3 aromatic rings. The van der Waals surface area contributed by atoms with E-state index in [2.05, 4.69) is 61.7 Å². The Balaban J connectivity index is 0.000000229. The number of fused-ring (bicyclic) bond motifs is 5. The summed E-state index contributed by atoms with van der Waals surface area (Å²) in [6.45, 7) is 7.56. The van der Waals surface area contributed by atoms with Crippen LogP contribution in [0.2, 0.25) is 0 Å². The van der Waals surface area contributed by atoms with Gasteiger partial charge in [0.2, 0.25) is 0 Å². The summed E-state index contributed by atoms with van der Waals surface area (Å²) in [5, 5.41) is 21.1. The molecule has 0 amide bonds. The third-order valence-corrected chi connectivity index (χ3v) is 4.80. The minimum absolute atomic E-state index is 0.176. The van der Waals surface area contributed by atoms with Gasteiger partial charge >= 0.3 is 11.9 Å². The second kappa shape index (κ2) is 10.2. The predicted octanol–water partition coefficient (Wildman–Crippen LogP) is 5.78. The van der Waals surface area contributed by atoms with Crippen LogP contribution < -0.4 is 0 Å². The Labute approximate surface area is 170 Å². The zero-order valence-electron chi connectivity index (χ0n) is 16.6. The van der Waals surface area contributed by atoms with Crippen LogP contribution in [0.15, 0.2) is 73.3 Å². The van der Waals surface area contributed by atoms with Gasteiger partial charge in [0.1, 0.15) is 0 Å². The molecule has 0 fully saturated rings. The zero-order valence-corrected chi connectivity index (χ0v) is 16.6. The Morgan fingerprint density at radius 1 is 0.897 bits per heavy atom. The highest BCUT2D eigenvalue weighted by Gasteiger charge is 2.13. The first-order valence-electron chi connectivity index (χ1n) is 9.51. The van der Waals surface area contributed by atoms with E-state index in [0.29, 0.717) is 0 Å². The predicted molar refractivity (Wildman–Crippen MR) is 118 cm³/mol. The lowest BCUT2D eigenvalue weighted by Crippen LogP contribution is -2.02. The van der Waals surface area contributed by atoms with E-state index in [-0.39, 0.29) is 5.57 Å². The fourth-order valence-electron chi connectivity index (χ4n) is 3.34. The number of aliphatic carboxylic acids is 2. The lowest BCUT2D eigenvalue weighted by Gasteiger charge is -2.18. The lowest BCUT2D eigenvalue weighted by molar-refractivity contribution is -0.133. The van der Waals surface area contributed by atoms with Crippen molar-refractivity contribution in [2.24, 2.45) is 0 Å². The second-order valence-electron chi connectivity index (χ2n) is 6.92. The van der Waals surface area contributed by atoms with E-state index in [4.69, 9.17) is 10.2 Å². The van der Waals surface area contributed by atoms with Crippen molar-refractivity contribution in [2.45, 2.75) is 32.6 Å². The average Bonchev–Trinajstić information content (AvgIpc) is 2.74. The number of aryl methyl sites for hydroxylation is 2. The van der Waals surface area contributed by atoms with Crippen molar-refractivity contribution in [2.75, 3.05) is 0 Å². The minimum Gasteiger partial charge on any atom is -0.478 e. The molecule has 1 aliphatic carbocycles. The van der Waals surface area contributed by atoms with Crippen molar-refractivity contribution in [3.05, 3.63) is 84.5 Å².